The molecule has 4 fully saturated rings. The van der Waals surface area contributed by atoms with Gasteiger partial charge in [0.25, 0.3) is 0 Å². The average molecular weight is 248 g/mol. The second-order valence-electron chi connectivity index (χ2n) is 6.48. The van der Waals surface area contributed by atoms with Crippen molar-refractivity contribution >= 4 is 11.8 Å². The molecular formula is C14H20N2O2. The van der Waals surface area contributed by atoms with E-state index in [1.807, 2.05) is 0 Å². The molecule has 0 spiro atoms. The van der Waals surface area contributed by atoms with Gasteiger partial charge >= 0.3 is 0 Å². The van der Waals surface area contributed by atoms with Crippen LogP contribution in [0.5, 0.6) is 0 Å². The number of imide groups is 1. The van der Waals surface area contributed by atoms with Crippen LogP contribution < -0.4 is 5.32 Å². The minimum absolute atomic E-state index is 0.0248. The molecule has 0 radical (unpaired) electrons. The second kappa shape index (κ2) is 3.56. The van der Waals surface area contributed by atoms with Crippen LogP contribution in [-0.2, 0) is 9.59 Å². The van der Waals surface area contributed by atoms with Crippen LogP contribution in [0.3, 0.4) is 0 Å². The second-order valence-corrected chi connectivity index (χ2v) is 6.48. The molecular weight excluding hydrogens is 228 g/mol. The van der Waals surface area contributed by atoms with Gasteiger partial charge < -0.3 is 5.32 Å². The number of likely N-dealkylation sites (tertiary alicyclic amines) is 1. The topological polar surface area (TPSA) is 49.4 Å². The van der Waals surface area contributed by atoms with Gasteiger partial charge in [-0.15, -0.1) is 0 Å². The number of hydrogen-bond acceptors (Lipinski definition) is 3. The molecule has 98 valence electrons. The van der Waals surface area contributed by atoms with Gasteiger partial charge in [0.2, 0.25) is 11.8 Å². The molecule has 4 nitrogen and oxygen atoms in total. The van der Waals surface area contributed by atoms with Gasteiger partial charge in [-0.05, 0) is 30.6 Å². The number of carbonyl (C=O) groups excluding carboxylic acids is 2. The van der Waals surface area contributed by atoms with Gasteiger partial charge in [-0.1, -0.05) is 13.3 Å². The van der Waals surface area contributed by atoms with Crippen LogP contribution in [0.15, 0.2) is 0 Å². The van der Waals surface area contributed by atoms with Crippen molar-refractivity contribution in [3.63, 3.8) is 0 Å². The summed E-state index contributed by atoms with van der Waals surface area (Å²) >= 11 is 0. The molecule has 4 heteroatoms. The fraction of sp³-hybridized carbons (Fsp3) is 0.857. The molecule has 2 saturated carbocycles. The van der Waals surface area contributed by atoms with Gasteiger partial charge in [-0.2, -0.15) is 0 Å². The largest absolute Gasteiger partial charge is 0.316 e. The van der Waals surface area contributed by atoms with E-state index >= 15 is 0 Å². The number of hydrogen-bond donors (Lipinski definition) is 1. The Morgan fingerprint density at radius 3 is 2.17 bits per heavy atom. The molecule has 2 aliphatic heterocycles. The van der Waals surface area contributed by atoms with E-state index in [1.54, 1.807) is 4.90 Å². The third-order valence-electron chi connectivity index (χ3n) is 5.69. The first-order valence-electron chi connectivity index (χ1n) is 7.30. The molecule has 1 N–H and O–H groups in total. The summed E-state index contributed by atoms with van der Waals surface area (Å²) in [6, 6.07) is 0.247. The summed E-state index contributed by atoms with van der Waals surface area (Å²) in [5.74, 6) is 2.06. The summed E-state index contributed by atoms with van der Waals surface area (Å²) in [6.45, 7) is 4.13. The molecule has 2 amide bonds. The lowest BCUT2D eigenvalue weighted by Crippen LogP contribution is -2.38. The maximum atomic E-state index is 12.5. The van der Waals surface area contributed by atoms with Gasteiger partial charge in [0.05, 0.1) is 11.8 Å². The Morgan fingerprint density at radius 2 is 1.67 bits per heavy atom. The van der Waals surface area contributed by atoms with E-state index < -0.39 is 0 Å². The van der Waals surface area contributed by atoms with Gasteiger partial charge in [0.15, 0.2) is 0 Å². The summed E-state index contributed by atoms with van der Waals surface area (Å²) in [7, 11) is 0. The summed E-state index contributed by atoms with van der Waals surface area (Å²) < 4.78 is 0. The minimum Gasteiger partial charge on any atom is -0.316 e. The molecule has 4 rings (SSSR count). The zero-order chi connectivity index (χ0) is 12.4. The van der Waals surface area contributed by atoms with E-state index in [2.05, 4.69) is 12.2 Å². The summed E-state index contributed by atoms with van der Waals surface area (Å²) in [5, 5.41) is 3.32. The highest BCUT2D eigenvalue weighted by atomic mass is 16.2. The lowest BCUT2D eigenvalue weighted by atomic mass is 10.00. The van der Waals surface area contributed by atoms with Crippen LogP contribution in [0, 0.1) is 29.6 Å². The first-order chi connectivity index (χ1) is 8.72. The Kier molecular flexibility index (Phi) is 2.17. The normalized spacial score (nSPS) is 49.7. The van der Waals surface area contributed by atoms with E-state index in [0.29, 0.717) is 17.8 Å². The number of piperidine rings is 1. The number of nitrogens with one attached hydrogen (secondary N) is 1. The third kappa shape index (κ3) is 1.25. The zero-order valence-electron chi connectivity index (χ0n) is 10.8. The number of amides is 2. The van der Waals surface area contributed by atoms with E-state index in [0.717, 1.165) is 32.4 Å². The summed E-state index contributed by atoms with van der Waals surface area (Å²) in [5.41, 5.74) is 0. The van der Waals surface area contributed by atoms with E-state index in [4.69, 9.17) is 0 Å². The predicted octanol–water partition coefficient (Wildman–Crippen LogP) is 0.625. The van der Waals surface area contributed by atoms with Gasteiger partial charge in [0, 0.05) is 19.1 Å². The van der Waals surface area contributed by atoms with Crippen molar-refractivity contribution in [1.82, 2.24) is 10.2 Å². The maximum absolute atomic E-state index is 12.5. The SMILES string of the molecule is CCC1CC2C(=O)N(C3C4CNCC43)C(=O)C2C1. The first-order valence-corrected chi connectivity index (χ1v) is 7.30. The van der Waals surface area contributed by atoms with Crippen LogP contribution in [0.1, 0.15) is 26.2 Å². The highest BCUT2D eigenvalue weighted by Crippen LogP contribution is 2.52. The molecule has 4 unspecified atom stereocenters. The fourth-order valence-electron chi connectivity index (χ4n) is 4.55. The van der Waals surface area contributed by atoms with Crippen molar-refractivity contribution in [3.05, 3.63) is 0 Å². The molecule has 0 aromatic heterocycles. The van der Waals surface area contributed by atoms with E-state index in [9.17, 15) is 9.59 Å². The highest BCUT2D eigenvalue weighted by Gasteiger charge is 2.64. The van der Waals surface area contributed by atoms with Crippen molar-refractivity contribution in [2.24, 2.45) is 29.6 Å². The first kappa shape index (κ1) is 11.0. The average Bonchev–Trinajstić information content (AvgIpc) is 2.82. The van der Waals surface area contributed by atoms with Crippen LogP contribution in [-0.4, -0.2) is 35.8 Å². The Hall–Kier alpha value is -0.900. The Labute approximate surface area is 107 Å². The van der Waals surface area contributed by atoms with Crippen LogP contribution >= 0.6 is 0 Å². The Bertz CT molecular complexity index is 388. The number of nitrogens with zero attached hydrogens (tertiary/aromatic N) is 1. The predicted molar refractivity (Wildman–Crippen MR) is 65.5 cm³/mol. The highest BCUT2D eigenvalue weighted by molar-refractivity contribution is 6.06. The van der Waals surface area contributed by atoms with Crippen LogP contribution in [0.4, 0.5) is 0 Å². The van der Waals surface area contributed by atoms with Crippen molar-refractivity contribution < 1.29 is 9.59 Å². The van der Waals surface area contributed by atoms with Gasteiger partial charge in [0.1, 0.15) is 0 Å². The molecule has 18 heavy (non-hydrogen) atoms. The molecule has 2 aliphatic carbocycles. The molecule has 0 aromatic rings. The van der Waals surface area contributed by atoms with Crippen LogP contribution in [0.2, 0.25) is 0 Å². The molecule has 2 saturated heterocycles. The Morgan fingerprint density at radius 1 is 1.11 bits per heavy atom. The molecule has 0 bridgehead atoms. The monoisotopic (exact) mass is 248 g/mol. The third-order valence-corrected chi connectivity index (χ3v) is 5.69. The smallest absolute Gasteiger partial charge is 0.233 e. The molecule has 4 atom stereocenters. The summed E-state index contributed by atoms with van der Waals surface area (Å²) in [4.78, 5) is 26.6. The number of rotatable bonds is 2. The van der Waals surface area contributed by atoms with E-state index in [1.165, 1.54) is 0 Å². The minimum atomic E-state index is 0.0248. The van der Waals surface area contributed by atoms with Crippen molar-refractivity contribution in [1.29, 1.82) is 0 Å². The molecule has 2 heterocycles. The fourth-order valence-corrected chi connectivity index (χ4v) is 4.55. The van der Waals surface area contributed by atoms with Crippen molar-refractivity contribution in [2.75, 3.05) is 13.1 Å². The lowest BCUT2D eigenvalue weighted by Gasteiger charge is -2.19. The lowest BCUT2D eigenvalue weighted by molar-refractivity contribution is -0.141. The van der Waals surface area contributed by atoms with Gasteiger partial charge in [-0.3, -0.25) is 14.5 Å². The number of carbonyl (C=O) groups is 2. The molecule has 4 aliphatic rings. The maximum Gasteiger partial charge on any atom is 0.233 e. The standard InChI is InChI=1S/C14H20N2O2/c1-2-7-3-8-9(4-7)14(18)16(13(8)17)12-10-5-15-6-11(10)12/h7-12,15H,2-6H2,1H3. The molecule has 0 aromatic carbocycles. The zero-order valence-corrected chi connectivity index (χ0v) is 10.8. The quantitative estimate of drug-likeness (QED) is 0.729. The Balaban J connectivity index is 1.55. The van der Waals surface area contributed by atoms with Crippen molar-refractivity contribution in [2.45, 2.75) is 32.2 Å². The van der Waals surface area contributed by atoms with Gasteiger partial charge in [-0.25, -0.2) is 0 Å². The van der Waals surface area contributed by atoms with E-state index in [-0.39, 0.29) is 29.7 Å². The van der Waals surface area contributed by atoms with Crippen molar-refractivity contribution in [3.8, 4) is 0 Å². The number of fused-ring (bicyclic) bond motifs is 2. The summed E-state index contributed by atoms with van der Waals surface area (Å²) in [6.07, 6.45) is 3.00. The van der Waals surface area contributed by atoms with Crippen LogP contribution in [0.25, 0.3) is 0 Å².